The van der Waals surface area contributed by atoms with Crippen molar-refractivity contribution in [3.8, 4) is 5.75 Å². The molecule has 1 amide bonds. The maximum atomic E-state index is 12.0. The summed E-state index contributed by atoms with van der Waals surface area (Å²) in [6, 6.07) is 27.4. The molecular weight excluding hydrogens is 376 g/mol. The quantitative estimate of drug-likeness (QED) is 0.257. The Hall–Kier alpha value is -4.32. The van der Waals surface area contributed by atoms with Gasteiger partial charge in [-0.25, -0.2) is 5.43 Å². The van der Waals surface area contributed by atoms with Gasteiger partial charge in [0.05, 0.1) is 17.6 Å². The maximum absolute atomic E-state index is 12.0. The molecule has 0 aliphatic carbocycles. The van der Waals surface area contributed by atoms with Crippen LogP contribution in [-0.4, -0.2) is 17.2 Å². The molecule has 0 heterocycles. The first kappa shape index (κ1) is 19.0. The van der Waals surface area contributed by atoms with Gasteiger partial charge in [0.1, 0.15) is 5.75 Å². The van der Waals surface area contributed by atoms with Gasteiger partial charge in [0.2, 0.25) is 0 Å². The van der Waals surface area contributed by atoms with Crippen LogP contribution in [0, 0.1) is 0 Å². The zero-order valence-electron chi connectivity index (χ0n) is 15.9. The molecule has 0 spiro atoms. The average Bonchev–Trinajstić information content (AvgIpc) is 2.80. The van der Waals surface area contributed by atoms with E-state index in [-0.39, 0.29) is 11.7 Å². The summed E-state index contributed by atoms with van der Waals surface area (Å²) in [5, 5.41) is 24.7. The number of fused-ring (bicyclic) bond motifs is 1. The van der Waals surface area contributed by atoms with Crippen LogP contribution >= 0.6 is 0 Å². The lowest BCUT2D eigenvalue weighted by molar-refractivity contribution is 0.0955. The summed E-state index contributed by atoms with van der Waals surface area (Å²) in [7, 11) is 0. The van der Waals surface area contributed by atoms with Crippen molar-refractivity contribution in [2.24, 2.45) is 15.3 Å². The van der Waals surface area contributed by atoms with E-state index in [0.29, 0.717) is 16.8 Å². The fraction of sp³-hybridized carbons (Fsp3) is 0. The number of carbonyl (C=O) groups is 1. The largest absolute Gasteiger partial charge is 0.507 e. The topological polar surface area (TPSA) is 86.4 Å². The molecule has 0 unspecified atom stereocenters. The Morgan fingerprint density at radius 1 is 0.833 bits per heavy atom. The minimum absolute atomic E-state index is 0.0248. The van der Waals surface area contributed by atoms with Gasteiger partial charge in [-0.2, -0.15) is 10.2 Å². The van der Waals surface area contributed by atoms with Crippen molar-refractivity contribution in [1.29, 1.82) is 0 Å². The van der Waals surface area contributed by atoms with Crippen molar-refractivity contribution in [3.63, 3.8) is 0 Å². The van der Waals surface area contributed by atoms with Crippen molar-refractivity contribution in [2.75, 3.05) is 0 Å². The number of aromatic hydroxyl groups is 1. The normalized spacial score (nSPS) is 11.3. The van der Waals surface area contributed by atoms with Gasteiger partial charge in [-0.3, -0.25) is 4.79 Å². The van der Waals surface area contributed by atoms with Gasteiger partial charge in [0.25, 0.3) is 5.91 Å². The molecule has 0 aromatic heterocycles. The van der Waals surface area contributed by atoms with Crippen LogP contribution < -0.4 is 5.43 Å². The Morgan fingerprint density at radius 3 is 2.47 bits per heavy atom. The summed E-state index contributed by atoms with van der Waals surface area (Å²) in [4.78, 5) is 12.0. The minimum atomic E-state index is -0.335. The Labute approximate surface area is 173 Å². The molecule has 2 N–H and O–H groups in total. The smallest absolute Gasteiger partial charge is 0.271 e. The van der Waals surface area contributed by atoms with Gasteiger partial charge in [0, 0.05) is 16.5 Å². The number of benzene rings is 4. The number of hydrazone groups is 1. The van der Waals surface area contributed by atoms with Crippen molar-refractivity contribution in [3.05, 3.63) is 102 Å². The molecular formula is C24H18N4O2. The van der Waals surface area contributed by atoms with E-state index in [9.17, 15) is 9.90 Å². The summed E-state index contributed by atoms with van der Waals surface area (Å²) in [6.45, 7) is 0. The van der Waals surface area contributed by atoms with Crippen LogP contribution in [-0.2, 0) is 0 Å². The Balaban J connectivity index is 1.51. The predicted octanol–water partition coefficient (Wildman–Crippen LogP) is 5.72. The summed E-state index contributed by atoms with van der Waals surface area (Å²) in [6.07, 6.45) is 1.37. The second-order valence-corrected chi connectivity index (χ2v) is 6.51. The van der Waals surface area contributed by atoms with Gasteiger partial charge in [-0.15, -0.1) is 5.11 Å². The van der Waals surface area contributed by atoms with Gasteiger partial charge < -0.3 is 5.11 Å². The molecule has 4 aromatic carbocycles. The second kappa shape index (κ2) is 8.79. The number of nitrogens with one attached hydrogen (secondary N) is 1. The highest BCUT2D eigenvalue weighted by atomic mass is 16.3. The van der Waals surface area contributed by atoms with Crippen molar-refractivity contribution >= 4 is 34.3 Å². The monoisotopic (exact) mass is 394 g/mol. The average molecular weight is 394 g/mol. The van der Waals surface area contributed by atoms with Crippen LogP contribution in [0.5, 0.6) is 5.75 Å². The first-order chi connectivity index (χ1) is 14.7. The number of azo groups is 1. The number of phenolic OH excluding ortho intramolecular Hbond substituents is 1. The first-order valence-corrected chi connectivity index (χ1v) is 9.32. The van der Waals surface area contributed by atoms with Crippen LogP contribution in [0.3, 0.4) is 0 Å². The Morgan fingerprint density at radius 2 is 1.60 bits per heavy atom. The van der Waals surface area contributed by atoms with E-state index < -0.39 is 0 Å². The molecule has 0 aliphatic rings. The number of nitrogens with zero attached hydrogens (tertiary/aromatic N) is 3. The van der Waals surface area contributed by atoms with E-state index in [1.165, 1.54) is 12.3 Å². The van der Waals surface area contributed by atoms with Gasteiger partial charge in [-0.1, -0.05) is 54.6 Å². The predicted molar refractivity (Wildman–Crippen MR) is 118 cm³/mol. The molecule has 0 fully saturated rings. The van der Waals surface area contributed by atoms with E-state index in [1.807, 2.05) is 48.5 Å². The highest BCUT2D eigenvalue weighted by Gasteiger charge is 2.04. The molecule has 30 heavy (non-hydrogen) atoms. The number of hydrogen-bond acceptors (Lipinski definition) is 5. The highest BCUT2D eigenvalue weighted by Crippen LogP contribution is 2.28. The van der Waals surface area contributed by atoms with E-state index in [2.05, 4.69) is 20.8 Å². The lowest BCUT2D eigenvalue weighted by Gasteiger charge is -2.02. The zero-order chi connectivity index (χ0) is 20.8. The van der Waals surface area contributed by atoms with Gasteiger partial charge in [-0.05, 0) is 41.8 Å². The van der Waals surface area contributed by atoms with Crippen molar-refractivity contribution in [1.82, 2.24) is 5.43 Å². The minimum Gasteiger partial charge on any atom is -0.507 e. The third kappa shape index (κ3) is 4.39. The second-order valence-electron chi connectivity index (χ2n) is 6.51. The fourth-order valence-corrected chi connectivity index (χ4v) is 2.93. The molecule has 146 valence electrons. The third-order valence-electron chi connectivity index (χ3n) is 4.46. The Kier molecular flexibility index (Phi) is 5.57. The Bertz CT molecular complexity index is 1250. The highest BCUT2D eigenvalue weighted by molar-refractivity contribution is 5.95. The molecule has 0 saturated carbocycles. The van der Waals surface area contributed by atoms with Crippen LogP contribution in [0.2, 0.25) is 0 Å². The first-order valence-electron chi connectivity index (χ1n) is 9.32. The van der Waals surface area contributed by atoms with E-state index in [4.69, 9.17) is 0 Å². The van der Waals surface area contributed by atoms with Crippen molar-refractivity contribution < 1.29 is 9.90 Å². The molecule has 0 radical (unpaired) electrons. The SMILES string of the molecule is O=C(NN=Cc1cc(N=Nc2cccc3ccccc23)ccc1O)c1ccccc1. The lowest BCUT2D eigenvalue weighted by atomic mass is 10.1. The number of amides is 1. The van der Waals surface area contributed by atoms with Crippen LogP contribution in [0.15, 0.2) is 106 Å². The number of carbonyl (C=O) groups excluding carboxylic acids is 1. The van der Waals surface area contributed by atoms with E-state index in [0.717, 1.165) is 16.5 Å². The third-order valence-corrected chi connectivity index (χ3v) is 4.46. The number of hydrogen-bond donors (Lipinski definition) is 2. The van der Waals surface area contributed by atoms with E-state index >= 15 is 0 Å². The van der Waals surface area contributed by atoms with Crippen LogP contribution in [0.4, 0.5) is 11.4 Å². The van der Waals surface area contributed by atoms with Gasteiger partial charge >= 0.3 is 0 Å². The molecule has 0 bridgehead atoms. The van der Waals surface area contributed by atoms with Gasteiger partial charge in [0.15, 0.2) is 0 Å². The number of rotatable bonds is 5. The van der Waals surface area contributed by atoms with Crippen molar-refractivity contribution in [2.45, 2.75) is 0 Å². The maximum Gasteiger partial charge on any atom is 0.271 e. The zero-order valence-corrected chi connectivity index (χ0v) is 15.9. The summed E-state index contributed by atoms with van der Waals surface area (Å²) in [5.41, 5.74) is 4.66. The summed E-state index contributed by atoms with van der Waals surface area (Å²) in [5.74, 6) is -0.310. The lowest BCUT2D eigenvalue weighted by Crippen LogP contribution is -2.17. The molecule has 6 nitrogen and oxygen atoms in total. The molecule has 0 aliphatic heterocycles. The van der Waals surface area contributed by atoms with Crippen LogP contribution in [0.25, 0.3) is 10.8 Å². The standard InChI is InChI=1S/C24H18N4O2/c29-23-14-13-20(26-27-22-12-6-10-17-7-4-5-11-21(17)22)15-19(23)16-25-28-24(30)18-8-2-1-3-9-18/h1-16,29H,(H,28,30). The molecule has 0 saturated heterocycles. The molecule has 4 rings (SSSR count). The number of phenols is 1. The molecule has 6 heteroatoms. The van der Waals surface area contributed by atoms with E-state index in [1.54, 1.807) is 36.4 Å². The molecule has 4 aromatic rings. The summed E-state index contributed by atoms with van der Waals surface area (Å²) >= 11 is 0. The molecule has 0 atom stereocenters. The van der Waals surface area contributed by atoms with Crippen LogP contribution in [0.1, 0.15) is 15.9 Å². The summed E-state index contributed by atoms with van der Waals surface area (Å²) < 4.78 is 0. The fourth-order valence-electron chi connectivity index (χ4n) is 2.93.